The maximum Gasteiger partial charge on any atom is 0.227 e. The van der Waals surface area contributed by atoms with E-state index in [0.717, 1.165) is 49.8 Å². The van der Waals surface area contributed by atoms with E-state index >= 15 is 0 Å². The Morgan fingerprint density at radius 2 is 2.05 bits per heavy atom. The van der Waals surface area contributed by atoms with Crippen LogP contribution < -0.4 is 15.1 Å². The van der Waals surface area contributed by atoms with Gasteiger partial charge in [-0.1, -0.05) is 0 Å². The van der Waals surface area contributed by atoms with Crippen molar-refractivity contribution in [3.63, 3.8) is 0 Å². The van der Waals surface area contributed by atoms with Crippen LogP contribution in [0.25, 0.3) is 10.2 Å². The standard InChI is InChI=1S/C15H23N5S/c1-4-19(2)14-13-12(7-10-21-13)17-15(18-14)20(3)11-5-8-16-9-6-11/h7,10-11,16H,4-6,8-9H2,1-3H3. The predicted octanol–water partition coefficient (Wildman–Crippen LogP) is 2.34. The first kappa shape index (κ1) is 14.5. The first-order valence-electron chi connectivity index (χ1n) is 7.60. The minimum atomic E-state index is 0.530. The lowest BCUT2D eigenvalue weighted by molar-refractivity contribution is 0.440. The molecule has 114 valence electrons. The average Bonchev–Trinajstić information content (AvgIpc) is 3.01. The molecular formula is C15H23N5S. The molecule has 0 unspecified atom stereocenters. The summed E-state index contributed by atoms with van der Waals surface area (Å²) >= 11 is 1.72. The second kappa shape index (κ2) is 6.15. The highest BCUT2D eigenvalue weighted by atomic mass is 32.1. The molecule has 21 heavy (non-hydrogen) atoms. The summed E-state index contributed by atoms with van der Waals surface area (Å²) in [5.41, 5.74) is 1.06. The van der Waals surface area contributed by atoms with E-state index in [-0.39, 0.29) is 0 Å². The molecule has 0 radical (unpaired) electrons. The van der Waals surface area contributed by atoms with Crippen molar-refractivity contribution < 1.29 is 0 Å². The van der Waals surface area contributed by atoms with Gasteiger partial charge in [-0.3, -0.25) is 0 Å². The van der Waals surface area contributed by atoms with E-state index in [1.54, 1.807) is 11.3 Å². The molecule has 1 N–H and O–H groups in total. The smallest absolute Gasteiger partial charge is 0.227 e. The van der Waals surface area contributed by atoms with Crippen molar-refractivity contribution in [2.75, 3.05) is 43.5 Å². The maximum absolute atomic E-state index is 4.85. The predicted molar refractivity (Wildman–Crippen MR) is 90.7 cm³/mol. The third-order valence-electron chi connectivity index (χ3n) is 4.28. The Kier molecular flexibility index (Phi) is 4.26. The fourth-order valence-corrected chi connectivity index (χ4v) is 3.63. The van der Waals surface area contributed by atoms with Gasteiger partial charge in [0, 0.05) is 26.7 Å². The highest BCUT2D eigenvalue weighted by Crippen LogP contribution is 2.31. The van der Waals surface area contributed by atoms with E-state index in [1.807, 2.05) is 0 Å². The third-order valence-corrected chi connectivity index (χ3v) is 5.18. The fraction of sp³-hybridized carbons (Fsp3) is 0.600. The summed E-state index contributed by atoms with van der Waals surface area (Å²) in [5.74, 6) is 1.90. The molecular weight excluding hydrogens is 282 g/mol. The quantitative estimate of drug-likeness (QED) is 0.939. The van der Waals surface area contributed by atoms with E-state index in [1.165, 1.54) is 4.70 Å². The highest BCUT2D eigenvalue weighted by Gasteiger charge is 2.22. The molecule has 1 aliphatic heterocycles. The molecule has 0 amide bonds. The van der Waals surface area contributed by atoms with Crippen LogP contribution in [0.2, 0.25) is 0 Å². The normalized spacial score (nSPS) is 16.3. The van der Waals surface area contributed by atoms with Crippen LogP contribution >= 0.6 is 11.3 Å². The number of piperidine rings is 1. The number of nitrogens with zero attached hydrogens (tertiary/aromatic N) is 4. The fourth-order valence-electron chi connectivity index (χ4n) is 2.76. The van der Waals surface area contributed by atoms with Crippen molar-refractivity contribution in [1.82, 2.24) is 15.3 Å². The molecule has 0 saturated carbocycles. The minimum absolute atomic E-state index is 0.530. The van der Waals surface area contributed by atoms with Gasteiger partial charge in [0.2, 0.25) is 5.95 Å². The van der Waals surface area contributed by atoms with Gasteiger partial charge in [0.05, 0.1) is 10.2 Å². The Hall–Kier alpha value is -1.40. The molecule has 1 saturated heterocycles. The van der Waals surface area contributed by atoms with Gasteiger partial charge in [0.25, 0.3) is 0 Å². The lowest BCUT2D eigenvalue weighted by Crippen LogP contribution is -2.42. The summed E-state index contributed by atoms with van der Waals surface area (Å²) in [6.07, 6.45) is 2.31. The second-order valence-electron chi connectivity index (χ2n) is 5.59. The van der Waals surface area contributed by atoms with Crippen LogP contribution in [0.3, 0.4) is 0 Å². The molecule has 3 heterocycles. The summed E-state index contributed by atoms with van der Waals surface area (Å²) in [4.78, 5) is 14.1. The van der Waals surface area contributed by atoms with Gasteiger partial charge in [-0.2, -0.15) is 4.98 Å². The second-order valence-corrected chi connectivity index (χ2v) is 6.50. The Labute approximate surface area is 130 Å². The number of anilines is 2. The summed E-state index contributed by atoms with van der Waals surface area (Å²) in [6, 6.07) is 2.62. The van der Waals surface area contributed by atoms with Gasteiger partial charge in [0.1, 0.15) is 0 Å². The highest BCUT2D eigenvalue weighted by molar-refractivity contribution is 7.17. The molecule has 6 heteroatoms. The minimum Gasteiger partial charge on any atom is -0.359 e. The lowest BCUT2D eigenvalue weighted by atomic mass is 10.1. The summed E-state index contributed by atoms with van der Waals surface area (Å²) in [6.45, 7) is 5.26. The molecule has 1 fully saturated rings. The zero-order chi connectivity index (χ0) is 14.8. The average molecular weight is 305 g/mol. The summed E-state index contributed by atoms with van der Waals surface area (Å²) in [7, 11) is 4.22. The number of nitrogens with one attached hydrogen (secondary N) is 1. The number of rotatable bonds is 4. The molecule has 0 aliphatic carbocycles. The van der Waals surface area contributed by atoms with Crippen molar-refractivity contribution in [1.29, 1.82) is 0 Å². The molecule has 0 aromatic carbocycles. The number of hydrogen-bond acceptors (Lipinski definition) is 6. The maximum atomic E-state index is 4.85. The first-order valence-corrected chi connectivity index (χ1v) is 8.48. The zero-order valence-corrected chi connectivity index (χ0v) is 13.8. The van der Waals surface area contributed by atoms with Gasteiger partial charge in [-0.05, 0) is 44.3 Å². The summed E-state index contributed by atoms with van der Waals surface area (Å²) in [5, 5.41) is 5.51. The largest absolute Gasteiger partial charge is 0.359 e. The molecule has 2 aromatic rings. The monoisotopic (exact) mass is 305 g/mol. The Balaban J connectivity index is 1.97. The van der Waals surface area contributed by atoms with Crippen molar-refractivity contribution in [2.45, 2.75) is 25.8 Å². The van der Waals surface area contributed by atoms with E-state index in [0.29, 0.717) is 6.04 Å². The van der Waals surface area contributed by atoms with Crippen LogP contribution in [0.5, 0.6) is 0 Å². The van der Waals surface area contributed by atoms with Crippen LogP contribution in [0.15, 0.2) is 11.4 Å². The zero-order valence-electron chi connectivity index (χ0n) is 13.0. The van der Waals surface area contributed by atoms with Gasteiger partial charge in [-0.15, -0.1) is 11.3 Å². The van der Waals surface area contributed by atoms with Gasteiger partial charge >= 0.3 is 0 Å². The van der Waals surface area contributed by atoms with Crippen molar-refractivity contribution in [3.05, 3.63) is 11.4 Å². The van der Waals surface area contributed by atoms with E-state index in [9.17, 15) is 0 Å². The topological polar surface area (TPSA) is 44.3 Å². The van der Waals surface area contributed by atoms with E-state index in [2.05, 4.69) is 47.6 Å². The SMILES string of the molecule is CCN(C)c1nc(N(C)C2CCNCC2)nc2ccsc12. The number of thiophene rings is 1. The number of hydrogen-bond donors (Lipinski definition) is 1. The van der Waals surface area contributed by atoms with Crippen LogP contribution in [-0.4, -0.2) is 49.7 Å². The molecule has 3 rings (SSSR count). The van der Waals surface area contributed by atoms with Gasteiger partial charge < -0.3 is 15.1 Å². The van der Waals surface area contributed by atoms with Crippen molar-refractivity contribution in [2.24, 2.45) is 0 Å². The van der Waals surface area contributed by atoms with Crippen LogP contribution in [-0.2, 0) is 0 Å². The Bertz CT molecular complexity index is 605. The van der Waals surface area contributed by atoms with Gasteiger partial charge in [0.15, 0.2) is 5.82 Å². The molecule has 5 nitrogen and oxygen atoms in total. The summed E-state index contributed by atoms with van der Waals surface area (Å²) < 4.78 is 1.18. The molecule has 0 spiro atoms. The van der Waals surface area contributed by atoms with E-state index < -0.39 is 0 Å². The molecule has 2 aromatic heterocycles. The Morgan fingerprint density at radius 1 is 1.29 bits per heavy atom. The van der Waals surface area contributed by atoms with E-state index in [4.69, 9.17) is 9.97 Å². The van der Waals surface area contributed by atoms with Crippen molar-refractivity contribution >= 4 is 33.3 Å². The van der Waals surface area contributed by atoms with Crippen LogP contribution in [0, 0.1) is 0 Å². The van der Waals surface area contributed by atoms with Gasteiger partial charge in [-0.25, -0.2) is 4.98 Å². The first-order chi connectivity index (χ1) is 10.2. The third kappa shape index (κ3) is 2.82. The lowest BCUT2D eigenvalue weighted by Gasteiger charge is -2.32. The van der Waals surface area contributed by atoms with Crippen molar-refractivity contribution in [3.8, 4) is 0 Å². The molecule has 1 aliphatic rings. The van der Waals surface area contributed by atoms with Crippen LogP contribution in [0.4, 0.5) is 11.8 Å². The Morgan fingerprint density at radius 3 is 2.76 bits per heavy atom. The number of fused-ring (bicyclic) bond motifs is 1. The number of aromatic nitrogens is 2. The van der Waals surface area contributed by atoms with Crippen LogP contribution in [0.1, 0.15) is 19.8 Å². The molecule has 0 atom stereocenters. The molecule has 0 bridgehead atoms.